The van der Waals surface area contributed by atoms with E-state index in [0.29, 0.717) is 43.0 Å². The van der Waals surface area contributed by atoms with Gasteiger partial charge in [-0.3, -0.25) is 14.2 Å². The second-order valence-electron chi connectivity index (χ2n) is 9.20. The minimum absolute atomic E-state index is 0.177. The Bertz CT molecular complexity index is 1860. The van der Waals surface area contributed by atoms with Crippen molar-refractivity contribution in [1.29, 1.82) is 0 Å². The molecule has 0 bridgehead atoms. The molecule has 2 heterocycles. The number of esters is 2. The Morgan fingerprint density at radius 2 is 1.71 bits per heavy atom. The molecule has 4 aromatic rings. The normalized spacial score (nSPS) is 14.7. The van der Waals surface area contributed by atoms with Crippen molar-refractivity contribution in [2.75, 3.05) is 13.2 Å². The maximum absolute atomic E-state index is 14.1. The van der Waals surface area contributed by atoms with E-state index >= 15 is 0 Å². The van der Waals surface area contributed by atoms with Gasteiger partial charge in [0.25, 0.3) is 5.56 Å². The molecule has 10 heteroatoms. The van der Waals surface area contributed by atoms with E-state index in [9.17, 15) is 14.4 Å². The predicted molar refractivity (Wildman–Crippen MR) is 164 cm³/mol. The summed E-state index contributed by atoms with van der Waals surface area (Å²) in [5.41, 5.74) is 2.59. The van der Waals surface area contributed by atoms with Gasteiger partial charge in [-0.2, -0.15) is 0 Å². The van der Waals surface area contributed by atoms with Crippen LogP contribution in [-0.4, -0.2) is 29.7 Å². The van der Waals surface area contributed by atoms with Gasteiger partial charge < -0.3 is 14.2 Å². The van der Waals surface area contributed by atoms with Gasteiger partial charge in [-0.1, -0.05) is 72.0 Å². The Hall–Kier alpha value is -4.28. The SMILES string of the molecule is CCOC(=O)C1=C(c2ccccc2)N=c2s/c(=C\c3cc(Br)c(OC(C)=O)c(OCC)c3)c(=O)n2[C@@H]1c1ccccc1. The van der Waals surface area contributed by atoms with Crippen LogP contribution >= 0.6 is 27.3 Å². The number of halogens is 1. The lowest BCUT2D eigenvalue weighted by atomic mass is 9.93. The number of fused-ring (bicyclic) bond motifs is 1. The Kier molecular flexibility index (Phi) is 8.84. The van der Waals surface area contributed by atoms with Crippen molar-refractivity contribution in [3.63, 3.8) is 0 Å². The lowest BCUT2D eigenvalue weighted by Gasteiger charge is -2.25. The van der Waals surface area contributed by atoms with E-state index in [2.05, 4.69) is 15.9 Å². The van der Waals surface area contributed by atoms with Crippen molar-refractivity contribution in [3.05, 3.63) is 119 Å². The number of nitrogens with zero attached hydrogens (tertiary/aromatic N) is 2. The van der Waals surface area contributed by atoms with Crippen molar-refractivity contribution in [2.24, 2.45) is 4.99 Å². The Labute approximate surface area is 254 Å². The number of carbonyl (C=O) groups is 2. The van der Waals surface area contributed by atoms with Crippen LogP contribution in [0.3, 0.4) is 0 Å². The minimum atomic E-state index is -0.754. The van der Waals surface area contributed by atoms with Crippen molar-refractivity contribution in [3.8, 4) is 11.5 Å². The molecule has 0 radical (unpaired) electrons. The van der Waals surface area contributed by atoms with Gasteiger partial charge in [-0.05, 0) is 59.1 Å². The molecule has 214 valence electrons. The molecule has 1 atom stereocenters. The lowest BCUT2D eigenvalue weighted by molar-refractivity contribution is -0.139. The van der Waals surface area contributed by atoms with Gasteiger partial charge in [-0.25, -0.2) is 9.79 Å². The summed E-state index contributed by atoms with van der Waals surface area (Å²) >= 11 is 4.69. The molecule has 1 aliphatic rings. The fraction of sp³-hybridized carbons (Fsp3) is 0.188. The predicted octanol–water partition coefficient (Wildman–Crippen LogP) is 5.02. The summed E-state index contributed by atoms with van der Waals surface area (Å²) in [6, 6.07) is 21.5. The van der Waals surface area contributed by atoms with Gasteiger partial charge in [0.15, 0.2) is 16.3 Å². The second kappa shape index (κ2) is 12.7. The first kappa shape index (κ1) is 29.2. The molecule has 1 aliphatic heterocycles. The highest BCUT2D eigenvalue weighted by molar-refractivity contribution is 9.10. The Morgan fingerprint density at radius 1 is 1.02 bits per heavy atom. The highest BCUT2D eigenvalue weighted by atomic mass is 79.9. The maximum Gasteiger partial charge on any atom is 0.338 e. The summed E-state index contributed by atoms with van der Waals surface area (Å²) in [5.74, 6) is -0.391. The highest BCUT2D eigenvalue weighted by Crippen LogP contribution is 2.38. The molecule has 0 saturated carbocycles. The lowest BCUT2D eigenvalue weighted by Crippen LogP contribution is -2.39. The van der Waals surface area contributed by atoms with Crippen molar-refractivity contribution >= 4 is 51.0 Å². The first-order valence-corrected chi connectivity index (χ1v) is 14.9. The van der Waals surface area contributed by atoms with E-state index in [0.717, 1.165) is 11.1 Å². The molecule has 0 N–H and O–H groups in total. The fourth-order valence-corrected chi connectivity index (χ4v) is 6.26. The third kappa shape index (κ3) is 5.86. The third-order valence-corrected chi connectivity index (χ3v) is 7.94. The van der Waals surface area contributed by atoms with Crippen LogP contribution in [0.1, 0.15) is 43.5 Å². The molecule has 0 aliphatic carbocycles. The van der Waals surface area contributed by atoms with Gasteiger partial charge in [0.2, 0.25) is 0 Å². The zero-order valence-electron chi connectivity index (χ0n) is 23.1. The van der Waals surface area contributed by atoms with E-state index in [1.165, 1.54) is 18.3 Å². The quantitative estimate of drug-likeness (QED) is 0.197. The van der Waals surface area contributed by atoms with Crippen LogP contribution in [0.4, 0.5) is 0 Å². The number of benzene rings is 3. The number of rotatable bonds is 8. The van der Waals surface area contributed by atoms with Crippen LogP contribution in [0.2, 0.25) is 0 Å². The van der Waals surface area contributed by atoms with E-state index in [4.69, 9.17) is 19.2 Å². The molecule has 3 aromatic carbocycles. The van der Waals surface area contributed by atoms with Gasteiger partial charge in [0.05, 0.1) is 39.5 Å². The average Bonchev–Trinajstić information content (AvgIpc) is 3.29. The number of aromatic nitrogens is 1. The van der Waals surface area contributed by atoms with Crippen molar-refractivity contribution in [2.45, 2.75) is 26.8 Å². The van der Waals surface area contributed by atoms with E-state index in [1.807, 2.05) is 67.6 Å². The van der Waals surface area contributed by atoms with E-state index < -0.39 is 18.0 Å². The number of thiazole rings is 1. The van der Waals surface area contributed by atoms with Gasteiger partial charge in [-0.15, -0.1) is 0 Å². The van der Waals surface area contributed by atoms with Crippen LogP contribution < -0.4 is 24.4 Å². The fourth-order valence-electron chi connectivity index (χ4n) is 4.72. The Morgan fingerprint density at radius 3 is 2.36 bits per heavy atom. The van der Waals surface area contributed by atoms with Crippen LogP contribution in [0.15, 0.2) is 92.6 Å². The molecule has 8 nitrogen and oxygen atoms in total. The van der Waals surface area contributed by atoms with Crippen LogP contribution in [0, 0.1) is 0 Å². The first-order valence-electron chi connectivity index (χ1n) is 13.3. The smallest absolute Gasteiger partial charge is 0.338 e. The summed E-state index contributed by atoms with van der Waals surface area (Å²) in [5, 5.41) is 0. The Balaban J connectivity index is 1.76. The molecule has 1 aromatic heterocycles. The summed E-state index contributed by atoms with van der Waals surface area (Å²) in [4.78, 5) is 44.6. The molecule has 0 fully saturated rings. The highest BCUT2D eigenvalue weighted by Gasteiger charge is 2.35. The standard InChI is InChI=1S/C32H27BrN2O6S/c1-4-39-24-17-20(16-23(33)29(24)41-19(3)36)18-25-30(37)35-28(22-14-10-7-11-15-22)26(31(38)40-5-2)27(34-32(35)42-25)21-12-8-6-9-13-21/h6-18,28H,4-5H2,1-3H3/b25-18-/t28-/m1/s1. The van der Waals surface area contributed by atoms with E-state index in [-0.39, 0.29) is 17.9 Å². The minimum Gasteiger partial charge on any atom is -0.490 e. The summed E-state index contributed by atoms with van der Waals surface area (Å²) in [6.45, 7) is 5.41. The number of carbonyl (C=O) groups excluding carboxylic acids is 2. The van der Waals surface area contributed by atoms with Crippen LogP contribution in [0.25, 0.3) is 11.8 Å². The molecule has 5 rings (SSSR count). The zero-order valence-corrected chi connectivity index (χ0v) is 25.5. The van der Waals surface area contributed by atoms with E-state index in [1.54, 1.807) is 29.7 Å². The topological polar surface area (TPSA) is 96.2 Å². The molecule has 0 saturated heterocycles. The van der Waals surface area contributed by atoms with Crippen molar-refractivity contribution < 1.29 is 23.8 Å². The summed E-state index contributed by atoms with van der Waals surface area (Å²) in [7, 11) is 0. The zero-order chi connectivity index (χ0) is 29.8. The molecular formula is C32H27BrN2O6S. The first-order chi connectivity index (χ1) is 20.3. The second-order valence-corrected chi connectivity index (χ2v) is 11.1. The third-order valence-electron chi connectivity index (χ3n) is 6.36. The maximum atomic E-state index is 14.1. The monoisotopic (exact) mass is 646 g/mol. The molecular weight excluding hydrogens is 620 g/mol. The number of hydrogen-bond donors (Lipinski definition) is 0. The van der Waals surface area contributed by atoms with Crippen molar-refractivity contribution in [1.82, 2.24) is 4.57 Å². The molecule has 42 heavy (non-hydrogen) atoms. The molecule has 0 unspecified atom stereocenters. The largest absolute Gasteiger partial charge is 0.490 e. The van der Waals surface area contributed by atoms with Gasteiger partial charge >= 0.3 is 11.9 Å². The average molecular weight is 648 g/mol. The number of ether oxygens (including phenoxy) is 3. The molecule has 0 amide bonds. The van der Waals surface area contributed by atoms with Gasteiger partial charge in [0, 0.05) is 12.5 Å². The van der Waals surface area contributed by atoms with Gasteiger partial charge in [0.1, 0.15) is 0 Å². The summed E-state index contributed by atoms with van der Waals surface area (Å²) < 4.78 is 19.0. The molecule has 0 spiro atoms. The van der Waals surface area contributed by atoms with Crippen LogP contribution in [-0.2, 0) is 14.3 Å². The van der Waals surface area contributed by atoms with Crippen LogP contribution in [0.5, 0.6) is 11.5 Å². The summed E-state index contributed by atoms with van der Waals surface area (Å²) in [6.07, 6.45) is 1.73. The number of hydrogen-bond acceptors (Lipinski definition) is 8.